The van der Waals surface area contributed by atoms with E-state index in [1.54, 1.807) is 13.8 Å². The molecule has 0 bridgehead atoms. The Labute approximate surface area is 116 Å². The molecule has 20 heavy (non-hydrogen) atoms. The van der Waals surface area contributed by atoms with Gasteiger partial charge in [-0.05, 0) is 29.8 Å². The van der Waals surface area contributed by atoms with Crippen molar-refractivity contribution >= 4 is 15.8 Å². The molecule has 0 spiro atoms. The van der Waals surface area contributed by atoms with Crippen LogP contribution in [0.5, 0.6) is 0 Å². The van der Waals surface area contributed by atoms with Crippen LogP contribution in [0.4, 0.5) is 5.82 Å². The summed E-state index contributed by atoms with van der Waals surface area (Å²) >= 11 is 0. The molecule has 0 aliphatic carbocycles. The van der Waals surface area contributed by atoms with E-state index in [0.717, 1.165) is 18.3 Å². The van der Waals surface area contributed by atoms with Crippen molar-refractivity contribution in [3.8, 4) is 6.07 Å². The summed E-state index contributed by atoms with van der Waals surface area (Å²) in [4.78, 5) is 13.2. The molecule has 8 nitrogen and oxygen atoms in total. The minimum Gasteiger partial charge on any atom is -0.358 e. The molecular formula is C11H14N4O4S. The maximum absolute atomic E-state index is 12.4. The largest absolute Gasteiger partial charge is 0.363 e. The second-order valence-electron chi connectivity index (χ2n) is 4.23. The van der Waals surface area contributed by atoms with Crippen molar-refractivity contribution in [2.45, 2.75) is 31.2 Å². The van der Waals surface area contributed by atoms with Gasteiger partial charge in [0.05, 0.1) is 6.07 Å². The average molecular weight is 298 g/mol. The van der Waals surface area contributed by atoms with E-state index >= 15 is 0 Å². The molecule has 0 amide bonds. The first-order chi connectivity index (χ1) is 9.30. The summed E-state index contributed by atoms with van der Waals surface area (Å²) in [7, 11) is -3.82. The van der Waals surface area contributed by atoms with E-state index in [0.29, 0.717) is 0 Å². The fourth-order valence-corrected chi connectivity index (χ4v) is 3.17. The van der Waals surface area contributed by atoms with Crippen molar-refractivity contribution in [3.63, 3.8) is 0 Å². The predicted octanol–water partition coefficient (Wildman–Crippen LogP) is 1.30. The van der Waals surface area contributed by atoms with Crippen LogP contribution in [0, 0.1) is 21.4 Å². The second kappa shape index (κ2) is 6.40. The number of hydrogen-bond acceptors (Lipinski definition) is 6. The maximum atomic E-state index is 12.4. The van der Waals surface area contributed by atoms with Crippen molar-refractivity contribution in [3.05, 3.63) is 28.4 Å². The number of hydrogen-bond donors (Lipinski definition) is 0. The number of nitriles is 1. The van der Waals surface area contributed by atoms with Crippen LogP contribution in [0.25, 0.3) is 0 Å². The number of rotatable bonds is 6. The molecule has 0 fully saturated rings. The molecule has 0 radical (unpaired) electrons. The Balaban J connectivity index is 3.13. The monoisotopic (exact) mass is 298 g/mol. The van der Waals surface area contributed by atoms with E-state index in [1.807, 2.05) is 6.07 Å². The van der Waals surface area contributed by atoms with Crippen LogP contribution in [-0.2, 0) is 10.0 Å². The SMILES string of the molecule is CC(C)N(CCC#N)S(=O)(=O)c1ccc([N+](=O)[O-])nc1. The second-order valence-corrected chi connectivity index (χ2v) is 6.12. The van der Waals surface area contributed by atoms with E-state index in [4.69, 9.17) is 5.26 Å². The lowest BCUT2D eigenvalue weighted by Gasteiger charge is -2.24. The maximum Gasteiger partial charge on any atom is 0.363 e. The van der Waals surface area contributed by atoms with Crippen molar-refractivity contribution in [2.24, 2.45) is 0 Å². The quantitative estimate of drug-likeness (QED) is 0.577. The normalized spacial score (nSPS) is 11.6. The van der Waals surface area contributed by atoms with Crippen LogP contribution in [-0.4, -0.2) is 35.2 Å². The first-order valence-electron chi connectivity index (χ1n) is 5.80. The third-order valence-electron chi connectivity index (χ3n) is 2.53. The molecule has 0 unspecified atom stereocenters. The average Bonchev–Trinajstić information content (AvgIpc) is 2.38. The molecule has 0 aromatic carbocycles. The van der Waals surface area contributed by atoms with Gasteiger partial charge in [-0.2, -0.15) is 9.57 Å². The summed E-state index contributed by atoms with van der Waals surface area (Å²) in [5.41, 5.74) is 0. The van der Waals surface area contributed by atoms with Gasteiger partial charge in [0, 0.05) is 25.1 Å². The fourth-order valence-electron chi connectivity index (χ4n) is 1.58. The van der Waals surface area contributed by atoms with E-state index in [1.165, 1.54) is 4.31 Å². The Hall–Kier alpha value is -2.05. The van der Waals surface area contributed by atoms with Crippen molar-refractivity contribution in [2.75, 3.05) is 6.54 Å². The molecule has 1 rings (SSSR count). The first kappa shape index (κ1) is 16.0. The highest BCUT2D eigenvalue weighted by atomic mass is 32.2. The molecule has 108 valence electrons. The highest BCUT2D eigenvalue weighted by molar-refractivity contribution is 7.89. The Bertz CT molecular complexity index is 619. The van der Waals surface area contributed by atoms with Crippen molar-refractivity contribution in [1.82, 2.24) is 9.29 Å². The van der Waals surface area contributed by atoms with E-state index < -0.39 is 20.8 Å². The zero-order valence-electron chi connectivity index (χ0n) is 11.1. The summed E-state index contributed by atoms with van der Waals surface area (Å²) in [6.45, 7) is 3.44. The van der Waals surface area contributed by atoms with Crippen LogP contribution in [0.2, 0.25) is 0 Å². The van der Waals surface area contributed by atoms with Gasteiger partial charge in [0.2, 0.25) is 10.0 Å². The lowest BCUT2D eigenvalue weighted by molar-refractivity contribution is -0.389. The molecule has 0 saturated heterocycles. The molecule has 1 heterocycles. The molecule has 0 aliphatic rings. The molecule has 0 atom stereocenters. The first-order valence-corrected chi connectivity index (χ1v) is 7.24. The summed E-state index contributed by atoms with van der Waals surface area (Å²) in [6, 6.07) is 3.74. The van der Waals surface area contributed by atoms with E-state index in [-0.39, 0.29) is 23.9 Å². The summed E-state index contributed by atoms with van der Waals surface area (Å²) < 4.78 is 25.9. The predicted molar refractivity (Wildman–Crippen MR) is 70.1 cm³/mol. The van der Waals surface area contributed by atoms with Gasteiger partial charge in [-0.25, -0.2) is 8.42 Å². The molecule has 0 saturated carbocycles. The molecule has 9 heteroatoms. The van der Waals surface area contributed by atoms with Gasteiger partial charge < -0.3 is 10.1 Å². The topological polar surface area (TPSA) is 117 Å². The Kier molecular flexibility index (Phi) is 5.12. The summed E-state index contributed by atoms with van der Waals surface area (Å²) in [6.07, 6.45) is 1.02. The molecule has 0 N–H and O–H groups in total. The van der Waals surface area contributed by atoms with Gasteiger partial charge in [-0.3, -0.25) is 0 Å². The highest BCUT2D eigenvalue weighted by Crippen LogP contribution is 2.19. The summed E-state index contributed by atoms with van der Waals surface area (Å²) in [5.74, 6) is -0.419. The third-order valence-corrected chi connectivity index (χ3v) is 4.59. The lowest BCUT2D eigenvalue weighted by atomic mass is 10.3. The third kappa shape index (κ3) is 3.49. The van der Waals surface area contributed by atoms with E-state index in [9.17, 15) is 18.5 Å². The van der Waals surface area contributed by atoms with Crippen LogP contribution in [0.1, 0.15) is 20.3 Å². The molecule has 0 aliphatic heterocycles. The van der Waals surface area contributed by atoms with Crippen LogP contribution in [0.3, 0.4) is 0 Å². The molecule has 1 aromatic heterocycles. The number of nitrogens with zero attached hydrogens (tertiary/aromatic N) is 4. The lowest BCUT2D eigenvalue weighted by Crippen LogP contribution is -2.37. The minimum atomic E-state index is -3.82. The smallest absolute Gasteiger partial charge is 0.358 e. The zero-order valence-corrected chi connectivity index (χ0v) is 11.9. The standard InChI is InChI=1S/C11H14N4O4S/c1-9(2)14(7-3-6-12)20(18,19)10-4-5-11(13-8-10)15(16)17/h4-5,8-9H,3,7H2,1-2H3. The number of nitro groups is 1. The number of sulfonamides is 1. The van der Waals surface area contributed by atoms with Gasteiger partial charge in [0.1, 0.15) is 4.90 Å². The van der Waals surface area contributed by atoms with Crippen LogP contribution >= 0.6 is 0 Å². The Morgan fingerprint density at radius 3 is 2.55 bits per heavy atom. The van der Waals surface area contributed by atoms with Crippen molar-refractivity contribution < 1.29 is 13.3 Å². The Morgan fingerprint density at radius 1 is 1.50 bits per heavy atom. The number of aromatic nitrogens is 1. The van der Waals surface area contributed by atoms with Gasteiger partial charge in [0.15, 0.2) is 6.20 Å². The highest BCUT2D eigenvalue weighted by Gasteiger charge is 2.28. The van der Waals surface area contributed by atoms with Gasteiger partial charge in [-0.1, -0.05) is 0 Å². The van der Waals surface area contributed by atoms with Gasteiger partial charge in [0.25, 0.3) is 0 Å². The van der Waals surface area contributed by atoms with Gasteiger partial charge in [-0.15, -0.1) is 0 Å². The minimum absolute atomic E-state index is 0.0630. The molecule has 1 aromatic rings. The van der Waals surface area contributed by atoms with Gasteiger partial charge >= 0.3 is 5.82 Å². The zero-order chi connectivity index (χ0) is 15.3. The van der Waals surface area contributed by atoms with Crippen LogP contribution in [0.15, 0.2) is 23.2 Å². The van der Waals surface area contributed by atoms with Crippen LogP contribution < -0.4 is 0 Å². The number of pyridine rings is 1. The Morgan fingerprint density at radius 2 is 2.15 bits per heavy atom. The molecular weight excluding hydrogens is 284 g/mol. The van der Waals surface area contributed by atoms with E-state index in [2.05, 4.69) is 4.98 Å². The summed E-state index contributed by atoms with van der Waals surface area (Å²) in [5, 5.41) is 19.1. The fraction of sp³-hybridized carbons (Fsp3) is 0.455. The van der Waals surface area contributed by atoms with Crippen molar-refractivity contribution in [1.29, 1.82) is 5.26 Å².